The van der Waals surface area contributed by atoms with E-state index in [1.54, 1.807) is 18.2 Å². The highest BCUT2D eigenvalue weighted by Crippen LogP contribution is 2.32. The van der Waals surface area contributed by atoms with Crippen molar-refractivity contribution < 1.29 is 28.7 Å². The van der Waals surface area contributed by atoms with Gasteiger partial charge in [-0.05, 0) is 26.0 Å². The van der Waals surface area contributed by atoms with Crippen LogP contribution in [0.5, 0.6) is 0 Å². The lowest BCUT2D eigenvalue weighted by Crippen LogP contribution is -2.32. The van der Waals surface area contributed by atoms with Gasteiger partial charge in [0.15, 0.2) is 11.6 Å². The maximum absolute atomic E-state index is 12.9. The summed E-state index contributed by atoms with van der Waals surface area (Å²) in [6.07, 6.45) is 5.24. The molecule has 0 spiro atoms. The third-order valence-electron chi connectivity index (χ3n) is 5.74. The number of ether oxygens (including phenoxy) is 1. The SMILES string of the molecule is C=CC1=C(C=C)C(=O)c2c(NC(=O)C(C)CNCCCC)cccc2C1=O.CC.CC.CCNC(=O)CCC(=O)OC. The summed E-state index contributed by atoms with van der Waals surface area (Å²) in [4.78, 5) is 59.4. The molecule has 1 aromatic rings. The van der Waals surface area contributed by atoms with Crippen LogP contribution in [-0.2, 0) is 19.1 Å². The van der Waals surface area contributed by atoms with E-state index in [1.165, 1.54) is 19.3 Å². The highest BCUT2D eigenvalue weighted by molar-refractivity contribution is 6.31. The van der Waals surface area contributed by atoms with Crippen LogP contribution in [0.2, 0.25) is 0 Å². The monoisotopic (exact) mass is 585 g/mol. The first-order valence-corrected chi connectivity index (χ1v) is 14.7. The summed E-state index contributed by atoms with van der Waals surface area (Å²) in [6, 6.07) is 4.88. The number of unbranched alkanes of at least 4 members (excludes halogenated alkanes) is 1. The Morgan fingerprint density at radius 3 is 2.07 bits per heavy atom. The van der Waals surface area contributed by atoms with Crippen LogP contribution in [0.4, 0.5) is 5.69 Å². The molecule has 3 N–H and O–H groups in total. The number of fused-ring (bicyclic) bond motifs is 1. The van der Waals surface area contributed by atoms with E-state index in [-0.39, 0.29) is 70.4 Å². The first-order chi connectivity index (χ1) is 20.2. The summed E-state index contributed by atoms with van der Waals surface area (Å²) in [5, 5.41) is 8.63. The summed E-state index contributed by atoms with van der Waals surface area (Å²) in [5.74, 6) is -1.57. The lowest BCUT2D eigenvalue weighted by atomic mass is 9.83. The van der Waals surface area contributed by atoms with Crippen molar-refractivity contribution in [1.82, 2.24) is 10.6 Å². The van der Waals surface area contributed by atoms with Crippen LogP contribution in [0, 0.1) is 5.92 Å². The van der Waals surface area contributed by atoms with Gasteiger partial charge in [0.2, 0.25) is 11.8 Å². The number of hydrogen-bond donors (Lipinski definition) is 3. The number of carbonyl (C=O) groups excluding carboxylic acids is 5. The molecule has 0 bridgehead atoms. The van der Waals surface area contributed by atoms with Gasteiger partial charge >= 0.3 is 5.97 Å². The van der Waals surface area contributed by atoms with E-state index in [0.29, 0.717) is 18.8 Å². The first-order valence-electron chi connectivity index (χ1n) is 14.7. The topological polar surface area (TPSA) is 131 Å². The average Bonchev–Trinajstić information content (AvgIpc) is 3.01. The number of Topliss-reactive ketones (excluding diaryl/α,β-unsaturated/α-hetero) is 2. The van der Waals surface area contributed by atoms with Crippen molar-refractivity contribution in [3.8, 4) is 0 Å². The largest absolute Gasteiger partial charge is 0.469 e. The van der Waals surface area contributed by atoms with Gasteiger partial charge in [0.05, 0.1) is 24.8 Å². The van der Waals surface area contributed by atoms with E-state index in [4.69, 9.17) is 0 Å². The molecule has 9 nitrogen and oxygen atoms in total. The van der Waals surface area contributed by atoms with Crippen LogP contribution < -0.4 is 16.0 Å². The number of rotatable bonds is 13. The highest BCUT2D eigenvalue weighted by Gasteiger charge is 2.32. The minimum atomic E-state index is -0.351. The Bertz CT molecular complexity index is 1090. The smallest absolute Gasteiger partial charge is 0.306 e. The molecule has 0 fully saturated rings. The number of benzene rings is 1. The van der Waals surface area contributed by atoms with Crippen LogP contribution in [0.3, 0.4) is 0 Å². The van der Waals surface area contributed by atoms with Crippen molar-refractivity contribution in [3.63, 3.8) is 0 Å². The van der Waals surface area contributed by atoms with Crippen LogP contribution in [0.15, 0.2) is 54.7 Å². The summed E-state index contributed by atoms with van der Waals surface area (Å²) < 4.78 is 4.36. The maximum atomic E-state index is 12.9. The third-order valence-corrected chi connectivity index (χ3v) is 5.74. The van der Waals surface area contributed by atoms with E-state index < -0.39 is 0 Å². The van der Waals surface area contributed by atoms with E-state index in [0.717, 1.165) is 19.4 Å². The lowest BCUT2D eigenvalue weighted by molar-refractivity contribution is -0.142. The molecular formula is C33H51N3O6. The van der Waals surface area contributed by atoms with Gasteiger partial charge < -0.3 is 20.7 Å². The van der Waals surface area contributed by atoms with Gasteiger partial charge in [-0.2, -0.15) is 0 Å². The molecule has 1 atom stereocenters. The number of ketones is 2. The second-order valence-corrected chi connectivity index (χ2v) is 8.60. The van der Waals surface area contributed by atoms with Crippen molar-refractivity contribution in [1.29, 1.82) is 0 Å². The zero-order chi connectivity index (χ0) is 32.7. The quantitative estimate of drug-likeness (QED) is 0.196. The van der Waals surface area contributed by atoms with Crippen molar-refractivity contribution in [2.45, 2.75) is 74.1 Å². The molecule has 2 amide bonds. The van der Waals surface area contributed by atoms with Gasteiger partial charge in [-0.25, -0.2) is 0 Å². The normalized spacial score (nSPS) is 12.0. The molecule has 2 rings (SSSR count). The summed E-state index contributed by atoms with van der Waals surface area (Å²) in [6.45, 7) is 23.0. The minimum absolute atomic E-state index is 0.113. The molecule has 0 saturated carbocycles. The molecule has 0 aromatic heterocycles. The fourth-order valence-corrected chi connectivity index (χ4v) is 3.59. The van der Waals surface area contributed by atoms with E-state index in [1.807, 2.05) is 41.5 Å². The van der Waals surface area contributed by atoms with Crippen molar-refractivity contribution >= 4 is 35.0 Å². The van der Waals surface area contributed by atoms with Gasteiger partial charge in [-0.1, -0.05) is 85.4 Å². The Balaban J connectivity index is 0. The predicted octanol–water partition coefficient (Wildman–Crippen LogP) is 5.83. The maximum Gasteiger partial charge on any atom is 0.306 e. The average molecular weight is 586 g/mol. The Morgan fingerprint density at radius 1 is 0.952 bits per heavy atom. The van der Waals surface area contributed by atoms with Crippen LogP contribution in [0.1, 0.15) is 94.9 Å². The second kappa shape index (κ2) is 23.8. The summed E-state index contributed by atoms with van der Waals surface area (Å²) in [7, 11) is 1.31. The second-order valence-electron chi connectivity index (χ2n) is 8.60. The molecule has 0 radical (unpaired) electrons. The Morgan fingerprint density at radius 2 is 1.55 bits per heavy atom. The van der Waals surface area contributed by atoms with E-state index >= 15 is 0 Å². The van der Waals surface area contributed by atoms with Gasteiger partial charge in [-0.3, -0.25) is 24.0 Å². The van der Waals surface area contributed by atoms with Crippen molar-refractivity contribution in [3.05, 3.63) is 65.8 Å². The summed E-state index contributed by atoms with van der Waals surface area (Å²) >= 11 is 0. The zero-order valence-corrected chi connectivity index (χ0v) is 26.8. The number of anilines is 1. The van der Waals surface area contributed by atoms with E-state index in [9.17, 15) is 24.0 Å². The molecule has 9 heteroatoms. The highest BCUT2D eigenvalue weighted by atomic mass is 16.5. The Labute approximate surface area is 252 Å². The number of esters is 1. The predicted molar refractivity (Wildman–Crippen MR) is 171 cm³/mol. The first kappa shape index (κ1) is 40.3. The molecule has 0 heterocycles. The molecule has 1 aliphatic rings. The fraction of sp³-hybridized carbons (Fsp3) is 0.485. The standard InChI is InChI=1S/C22H26N2O3.C7H13NO3.2C2H6/c1-5-8-12-23-13-14(4)22(27)24-18-11-9-10-17-19(18)21(26)16(7-3)15(6-2)20(17)25;1-3-8-6(9)4-5-7(10)11-2;2*1-2/h6-7,9-11,14,23H,2-3,5,8,12-13H2,1,4H3,(H,24,27);3-5H2,1-2H3,(H,8,9);2*1-2H3. The number of amides is 2. The Kier molecular flexibility index (Phi) is 22.8. The van der Waals surface area contributed by atoms with Crippen LogP contribution in [-0.4, -0.2) is 56.1 Å². The molecule has 0 aliphatic heterocycles. The van der Waals surface area contributed by atoms with Crippen LogP contribution in [0.25, 0.3) is 0 Å². The fourth-order valence-electron chi connectivity index (χ4n) is 3.59. The lowest BCUT2D eigenvalue weighted by Gasteiger charge is -2.21. The molecule has 0 saturated heterocycles. The van der Waals surface area contributed by atoms with Crippen molar-refractivity contribution in [2.24, 2.45) is 5.92 Å². The van der Waals surface area contributed by atoms with Gasteiger partial charge in [0.25, 0.3) is 0 Å². The molecule has 42 heavy (non-hydrogen) atoms. The molecule has 234 valence electrons. The third kappa shape index (κ3) is 13.2. The summed E-state index contributed by atoms with van der Waals surface area (Å²) in [5.41, 5.74) is 1.27. The van der Waals surface area contributed by atoms with Crippen LogP contribution >= 0.6 is 0 Å². The molecule has 1 unspecified atom stereocenters. The molecular weight excluding hydrogens is 534 g/mol. The van der Waals surface area contributed by atoms with Gasteiger partial charge in [0, 0.05) is 42.1 Å². The number of allylic oxidation sites excluding steroid dienone is 4. The van der Waals surface area contributed by atoms with E-state index in [2.05, 4.69) is 40.8 Å². The van der Waals surface area contributed by atoms with Crippen molar-refractivity contribution in [2.75, 3.05) is 32.1 Å². The number of carbonyl (C=O) groups is 5. The van der Waals surface area contributed by atoms with Gasteiger partial charge in [-0.15, -0.1) is 0 Å². The zero-order valence-electron chi connectivity index (χ0n) is 26.8. The number of hydrogen-bond acceptors (Lipinski definition) is 7. The number of methoxy groups -OCH3 is 1. The Hall–Kier alpha value is -3.85. The molecule has 1 aromatic carbocycles. The minimum Gasteiger partial charge on any atom is -0.469 e. The number of nitrogens with one attached hydrogen (secondary N) is 3. The van der Waals surface area contributed by atoms with Gasteiger partial charge in [0.1, 0.15) is 0 Å². The molecule has 1 aliphatic carbocycles.